The molecule has 24 heavy (non-hydrogen) atoms. The average molecular weight is 331 g/mol. The Morgan fingerprint density at radius 3 is 2.88 bits per heavy atom. The zero-order valence-electron chi connectivity index (χ0n) is 12.5. The molecule has 3 rings (SSSR count). The number of nitrogens with two attached hydrogens (primary N) is 1. The lowest BCUT2D eigenvalue weighted by atomic mass is 10.0. The summed E-state index contributed by atoms with van der Waals surface area (Å²) < 4.78 is 34.0. The van der Waals surface area contributed by atoms with Crippen molar-refractivity contribution in [3.8, 4) is 11.8 Å². The van der Waals surface area contributed by atoms with Gasteiger partial charge in [-0.1, -0.05) is 6.07 Å². The number of halogens is 2. The Hall–Kier alpha value is -3.28. The number of anilines is 1. The van der Waals surface area contributed by atoms with Gasteiger partial charge in [-0.25, -0.2) is 9.61 Å². The molecule has 0 atom stereocenters. The maximum absolute atomic E-state index is 12.5. The zero-order valence-corrected chi connectivity index (χ0v) is 12.5. The number of aromatic nitrogens is 3. The van der Waals surface area contributed by atoms with Crippen LogP contribution in [0, 0.1) is 18.3 Å². The molecule has 0 aliphatic carbocycles. The Balaban J connectivity index is 2.01. The fraction of sp³-hybridized carbons (Fsp3) is 0.200. The van der Waals surface area contributed by atoms with Crippen molar-refractivity contribution < 1.29 is 18.1 Å². The second-order valence-corrected chi connectivity index (χ2v) is 5.02. The summed E-state index contributed by atoms with van der Waals surface area (Å²) in [5, 5.41) is 16.3. The van der Waals surface area contributed by atoms with E-state index in [9.17, 15) is 8.78 Å². The SMILES string of the molecule is Cc1nc2nonc2c(N)c1Cc1ccc(C#N)c(OC(F)F)c1. The van der Waals surface area contributed by atoms with E-state index in [1.165, 1.54) is 12.1 Å². The number of nitrogen functional groups attached to an aromatic ring is 1. The van der Waals surface area contributed by atoms with Crippen LogP contribution in [-0.2, 0) is 6.42 Å². The number of hydrogen-bond donors (Lipinski definition) is 1. The van der Waals surface area contributed by atoms with Gasteiger partial charge >= 0.3 is 6.61 Å². The highest BCUT2D eigenvalue weighted by atomic mass is 19.3. The summed E-state index contributed by atoms with van der Waals surface area (Å²) in [6.07, 6.45) is 0.304. The van der Waals surface area contributed by atoms with E-state index in [0.717, 1.165) is 0 Å². The lowest BCUT2D eigenvalue weighted by Gasteiger charge is -2.11. The van der Waals surface area contributed by atoms with Gasteiger partial charge < -0.3 is 10.5 Å². The molecular weight excluding hydrogens is 320 g/mol. The third-order valence-corrected chi connectivity index (χ3v) is 3.53. The van der Waals surface area contributed by atoms with Gasteiger partial charge in [-0.3, -0.25) is 0 Å². The Kier molecular flexibility index (Phi) is 3.95. The lowest BCUT2D eigenvalue weighted by Crippen LogP contribution is -2.05. The topological polar surface area (TPSA) is 111 Å². The monoisotopic (exact) mass is 331 g/mol. The summed E-state index contributed by atoms with van der Waals surface area (Å²) in [5.41, 5.74) is 9.04. The minimum atomic E-state index is -3.02. The first-order valence-corrected chi connectivity index (χ1v) is 6.84. The van der Waals surface area contributed by atoms with Crippen molar-refractivity contribution in [2.75, 3.05) is 5.73 Å². The number of benzene rings is 1. The molecule has 0 amide bonds. The Bertz CT molecular complexity index is 949. The van der Waals surface area contributed by atoms with Crippen LogP contribution in [0.15, 0.2) is 22.8 Å². The first-order valence-electron chi connectivity index (χ1n) is 6.84. The highest BCUT2D eigenvalue weighted by Gasteiger charge is 2.16. The van der Waals surface area contributed by atoms with Crippen LogP contribution in [0.3, 0.4) is 0 Å². The summed E-state index contributed by atoms with van der Waals surface area (Å²) >= 11 is 0. The molecule has 122 valence electrons. The molecule has 9 heteroatoms. The van der Waals surface area contributed by atoms with Crippen molar-refractivity contribution >= 4 is 16.9 Å². The summed E-state index contributed by atoms with van der Waals surface area (Å²) in [6, 6.07) is 6.25. The maximum atomic E-state index is 12.5. The zero-order chi connectivity index (χ0) is 17.3. The van der Waals surface area contributed by atoms with Crippen molar-refractivity contribution in [3.63, 3.8) is 0 Å². The molecule has 0 fully saturated rings. The van der Waals surface area contributed by atoms with Gasteiger partial charge in [0.05, 0.1) is 11.3 Å². The van der Waals surface area contributed by atoms with Gasteiger partial charge in [0.1, 0.15) is 11.8 Å². The number of fused-ring (bicyclic) bond motifs is 1. The first kappa shape index (κ1) is 15.6. The molecule has 1 aromatic carbocycles. The van der Waals surface area contributed by atoms with Crippen LogP contribution in [0.2, 0.25) is 0 Å². The molecular formula is C15H11F2N5O2. The predicted octanol–water partition coefficient (Wildman–Crippen LogP) is 2.57. The fourth-order valence-electron chi connectivity index (χ4n) is 2.38. The van der Waals surface area contributed by atoms with Gasteiger partial charge in [-0.15, -0.1) is 0 Å². The van der Waals surface area contributed by atoms with Crippen molar-refractivity contribution in [1.29, 1.82) is 5.26 Å². The standard InChI is InChI=1S/C15H11F2N5O2/c1-7-10(12(19)13-14(20-7)22-24-21-13)4-8-2-3-9(6-18)11(5-8)23-15(16)17/h2-3,5,15H,4,19H2,1H3. The number of nitrogens with zero attached hydrogens (tertiary/aromatic N) is 4. The van der Waals surface area contributed by atoms with Crippen LogP contribution in [0.1, 0.15) is 22.4 Å². The molecule has 0 aliphatic heterocycles. The van der Waals surface area contributed by atoms with Crippen LogP contribution >= 0.6 is 0 Å². The second-order valence-electron chi connectivity index (χ2n) is 5.02. The van der Waals surface area contributed by atoms with Crippen molar-refractivity contribution in [1.82, 2.24) is 15.3 Å². The maximum Gasteiger partial charge on any atom is 0.387 e. The fourth-order valence-corrected chi connectivity index (χ4v) is 2.38. The van der Waals surface area contributed by atoms with Gasteiger partial charge in [-0.2, -0.15) is 14.0 Å². The predicted molar refractivity (Wildman–Crippen MR) is 79.3 cm³/mol. The molecule has 0 saturated heterocycles. The van der Waals surface area contributed by atoms with Crippen molar-refractivity contribution in [2.24, 2.45) is 0 Å². The van der Waals surface area contributed by atoms with E-state index in [1.54, 1.807) is 13.0 Å². The third-order valence-electron chi connectivity index (χ3n) is 3.53. The van der Waals surface area contributed by atoms with Gasteiger partial charge in [0.2, 0.25) is 5.65 Å². The Morgan fingerprint density at radius 2 is 2.17 bits per heavy atom. The summed E-state index contributed by atoms with van der Waals surface area (Å²) in [7, 11) is 0. The molecule has 3 aromatic rings. The molecule has 0 radical (unpaired) electrons. The largest absolute Gasteiger partial charge is 0.433 e. The van der Waals surface area contributed by atoms with Crippen LogP contribution in [0.25, 0.3) is 11.2 Å². The molecule has 0 saturated carbocycles. The summed E-state index contributed by atoms with van der Waals surface area (Å²) in [5.74, 6) is -0.182. The molecule has 2 aromatic heterocycles. The Morgan fingerprint density at radius 1 is 1.38 bits per heavy atom. The number of ether oxygens (including phenoxy) is 1. The normalized spacial score (nSPS) is 11.0. The lowest BCUT2D eigenvalue weighted by molar-refractivity contribution is -0.0500. The number of pyridine rings is 1. The molecule has 0 aliphatic rings. The van der Waals surface area contributed by atoms with E-state index < -0.39 is 6.61 Å². The van der Waals surface area contributed by atoms with Crippen LogP contribution < -0.4 is 10.5 Å². The summed E-state index contributed by atoms with van der Waals surface area (Å²) in [6.45, 7) is -1.27. The van der Waals surface area contributed by atoms with Gasteiger partial charge in [0, 0.05) is 17.7 Å². The quantitative estimate of drug-likeness (QED) is 0.782. The molecule has 0 bridgehead atoms. The van der Waals surface area contributed by atoms with Crippen LogP contribution in [0.5, 0.6) is 5.75 Å². The smallest absolute Gasteiger partial charge is 0.387 e. The van der Waals surface area contributed by atoms with Crippen molar-refractivity contribution in [2.45, 2.75) is 20.0 Å². The molecule has 2 N–H and O–H groups in total. The second kappa shape index (κ2) is 6.08. The average Bonchev–Trinajstić information content (AvgIpc) is 2.99. The number of hydrogen-bond acceptors (Lipinski definition) is 7. The van der Waals surface area contributed by atoms with Crippen molar-refractivity contribution in [3.05, 3.63) is 40.6 Å². The first-order chi connectivity index (χ1) is 11.5. The van der Waals surface area contributed by atoms with E-state index in [1.807, 2.05) is 6.07 Å². The summed E-state index contributed by atoms with van der Waals surface area (Å²) in [4.78, 5) is 4.25. The highest BCUT2D eigenvalue weighted by Crippen LogP contribution is 2.28. The number of aryl methyl sites for hydroxylation is 1. The minimum absolute atomic E-state index is 0.0259. The minimum Gasteiger partial charge on any atom is -0.433 e. The van der Waals surface area contributed by atoms with Gasteiger partial charge in [0.25, 0.3) is 0 Å². The van der Waals surface area contributed by atoms with E-state index in [4.69, 9.17) is 11.0 Å². The number of nitriles is 1. The van der Waals surface area contributed by atoms with Gasteiger partial charge in [0.15, 0.2) is 5.52 Å². The van der Waals surface area contributed by atoms with Crippen LogP contribution in [0.4, 0.5) is 14.5 Å². The van der Waals surface area contributed by atoms with E-state index in [0.29, 0.717) is 40.1 Å². The Labute approximate surface area is 134 Å². The van der Waals surface area contributed by atoms with E-state index >= 15 is 0 Å². The molecule has 0 spiro atoms. The number of alkyl halides is 2. The molecule has 0 unspecified atom stereocenters. The third kappa shape index (κ3) is 2.81. The molecule has 7 nitrogen and oxygen atoms in total. The van der Waals surface area contributed by atoms with Crippen LogP contribution in [-0.4, -0.2) is 21.9 Å². The van der Waals surface area contributed by atoms with E-state index in [2.05, 4.69) is 24.7 Å². The highest BCUT2D eigenvalue weighted by molar-refractivity contribution is 5.85. The number of rotatable bonds is 4. The van der Waals surface area contributed by atoms with Gasteiger partial charge in [-0.05, 0) is 34.9 Å². The van der Waals surface area contributed by atoms with E-state index in [-0.39, 0.29) is 11.3 Å². The molecule has 2 heterocycles.